The fraction of sp³-hybridized carbons (Fsp3) is 0.333. The van der Waals surface area contributed by atoms with Crippen LogP contribution in [0.1, 0.15) is 33.8 Å². The Balaban J connectivity index is 1.29. The van der Waals surface area contributed by atoms with Gasteiger partial charge in [-0.05, 0) is 60.9 Å². The number of amides is 2. The molecule has 0 aliphatic carbocycles. The lowest BCUT2D eigenvalue weighted by Gasteiger charge is -2.23. The molecule has 1 unspecified atom stereocenters. The molecule has 2 aliphatic rings. The van der Waals surface area contributed by atoms with Crippen LogP contribution in [0.4, 0.5) is 16.2 Å². The van der Waals surface area contributed by atoms with Crippen LogP contribution >= 0.6 is 22.9 Å². The summed E-state index contributed by atoms with van der Waals surface area (Å²) in [5.74, 6) is 0.656. The second-order valence-corrected chi connectivity index (χ2v) is 9.91. The molecule has 2 fully saturated rings. The van der Waals surface area contributed by atoms with Gasteiger partial charge in [-0.15, -0.1) is 11.3 Å². The van der Waals surface area contributed by atoms with Crippen molar-refractivity contribution in [2.45, 2.75) is 25.4 Å². The number of ether oxygens (including phenoxy) is 1. The van der Waals surface area contributed by atoms with E-state index in [4.69, 9.17) is 20.8 Å². The first kappa shape index (κ1) is 21.9. The van der Waals surface area contributed by atoms with Gasteiger partial charge < -0.3 is 19.4 Å². The van der Waals surface area contributed by atoms with Crippen molar-refractivity contribution in [3.8, 4) is 0 Å². The molecule has 1 N–H and O–H groups in total. The topological polar surface area (TPSA) is 75.0 Å². The zero-order valence-electron chi connectivity index (χ0n) is 18.0. The first-order chi connectivity index (χ1) is 16.1. The summed E-state index contributed by atoms with van der Waals surface area (Å²) in [6.45, 7) is 2.68. The van der Waals surface area contributed by atoms with Crippen LogP contribution in [0.25, 0.3) is 0 Å². The molecular formula is C24H24ClN3O4S. The van der Waals surface area contributed by atoms with Gasteiger partial charge in [0.05, 0.1) is 28.6 Å². The minimum absolute atomic E-state index is 0.225. The Morgan fingerprint density at radius 1 is 1.18 bits per heavy atom. The number of halogens is 1. The number of nitrogens with zero attached hydrogens (tertiary/aromatic N) is 2. The Kier molecular flexibility index (Phi) is 6.28. The Morgan fingerprint density at radius 3 is 2.76 bits per heavy atom. The summed E-state index contributed by atoms with van der Waals surface area (Å²) in [7, 11) is 0. The van der Waals surface area contributed by atoms with Crippen molar-refractivity contribution >= 4 is 46.3 Å². The number of thiophene rings is 1. The van der Waals surface area contributed by atoms with E-state index in [2.05, 4.69) is 16.3 Å². The molecule has 9 heteroatoms. The Labute approximate surface area is 200 Å². The van der Waals surface area contributed by atoms with Gasteiger partial charge in [0.1, 0.15) is 11.9 Å². The van der Waals surface area contributed by atoms with Crippen LogP contribution in [0.3, 0.4) is 0 Å². The summed E-state index contributed by atoms with van der Waals surface area (Å²) in [4.78, 5) is 29.4. The summed E-state index contributed by atoms with van der Waals surface area (Å²) in [6.07, 6.45) is 3.86. The average Bonchev–Trinajstić information content (AvgIpc) is 3.60. The summed E-state index contributed by atoms with van der Waals surface area (Å²) in [6, 6.07) is 13.3. The molecule has 0 bridgehead atoms. The molecule has 0 saturated carbocycles. The Bertz CT molecular complexity index is 1140. The van der Waals surface area contributed by atoms with E-state index in [1.807, 2.05) is 24.3 Å². The van der Waals surface area contributed by atoms with Crippen LogP contribution < -0.4 is 15.1 Å². The summed E-state index contributed by atoms with van der Waals surface area (Å²) < 4.78 is 11.7. The number of carbonyl (C=O) groups is 2. The molecule has 33 heavy (non-hydrogen) atoms. The fourth-order valence-electron chi connectivity index (χ4n) is 4.32. The lowest BCUT2D eigenvalue weighted by molar-refractivity contribution is 0.0920. The molecule has 172 valence electrons. The molecule has 3 aromatic rings. The van der Waals surface area contributed by atoms with E-state index in [1.54, 1.807) is 23.3 Å². The van der Waals surface area contributed by atoms with Crippen molar-refractivity contribution in [3.63, 3.8) is 0 Å². The number of anilines is 2. The molecule has 4 heterocycles. The smallest absolute Gasteiger partial charge is 0.414 e. The molecular weight excluding hydrogens is 462 g/mol. The van der Waals surface area contributed by atoms with Crippen LogP contribution in [0.5, 0.6) is 0 Å². The minimum atomic E-state index is -0.427. The number of furan rings is 1. The van der Waals surface area contributed by atoms with Gasteiger partial charge in [-0.2, -0.15) is 0 Å². The highest BCUT2D eigenvalue weighted by molar-refractivity contribution is 7.18. The zero-order valence-corrected chi connectivity index (χ0v) is 19.5. The molecule has 0 spiro atoms. The monoisotopic (exact) mass is 485 g/mol. The van der Waals surface area contributed by atoms with Crippen molar-refractivity contribution in [3.05, 3.63) is 69.3 Å². The summed E-state index contributed by atoms with van der Waals surface area (Å²) in [5, 5.41) is 2.82. The first-order valence-corrected chi connectivity index (χ1v) is 12.2. The molecule has 2 saturated heterocycles. The molecule has 5 rings (SSSR count). The number of nitrogens with one attached hydrogen (secondary N) is 1. The number of cyclic esters (lactones) is 1. The van der Waals surface area contributed by atoms with Gasteiger partial charge in [-0.1, -0.05) is 11.6 Å². The van der Waals surface area contributed by atoms with Gasteiger partial charge in [0.2, 0.25) is 0 Å². The lowest BCUT2D eigenvalue weighted by Crippen LogP contribution is -2.34. The van der Waals surface area contributed by atoms with Crippen LogP contribution in [0, 0.1) is 0 Å². The number of rotatable bonds is 7. The van der Waals surface area contributed by atoms with Gasteiger partial charge in [0.15, 0.2) is 0 Å². The maximum Gasteiger partial charge on any atom is 0.414 e. The summed E-state index contributed by atoms with van der Waals surface area (Å²) in [5.41, 5.74) is 3.07. The number of hydrogen-bond acceptors (Lipinski definition) is 6. The second kappa shape index (κ2) is 9.49. The normalized spacial score (nSPS) is 18.1. The van der Waals surface area contributed by atoms with Gasteiger partial charge in [-0.3, -0.25) is 9.69 Å². The molecule has 7 nitrogen and oxygen atoms in total. The third-order valence-corrected chi connectivity index (χ3v) is 7.16. The summed E-state index contributed by atoms with van der Waals surface area (Å²) >= 11 is 7.12. The second-order valence-electron chi connectivity index (χ2n) is 8.19. The van der Waals surface area contributed by atoms with Crippen molar-refractivity contribution in [1.82, 2.24) is 5.32 Å². The SMILES string of the molecule is O=C(NCC1CN(c2ccc(N3CCCC3)c(Cc3ccco3)c2)C(=O)O1)c1ccc(Cl)s1. The lowest BCUT2D eigenvalue weighted by atomic mass is 10.1. The van der Waals surface area contributed by atoms with E-state index in [1.165, 1.54) is 29.9 Å². The van der Waals surface area contributed by atoms with Crippen molar-refractivity contribution in [2.75, 3.05) is 36.0 Å². The van der Waals surface area contributed by atoms with E-state index in [0.717, 1.165) is 30.1 Å². The number of hydrogen-bond donors (Lipinski definition) is 1. The maximum atomic E-state index is 12.6. The largest absolute Gasteiger partial charge is 0.469 e. The predicted molar refractivity (Wildman–Crippen MR) is 129 cm³/mol. The van der Waals surface area contributed by atoms with Gasteiger partial charge in [0.25, 0.3) is 5.91 Å². The molecule has 2 amide bonds. The van der Waals surface area contributed by atoms with E-state index in [-0.39, 0.29) is 12.5 Å². The van der Waals surface area contributed by atoms with Crippen molar-refractivity contribution < 1.29 is 18.7 Å². The van der Waals surface area contributed by atoms with E-state index in [0.29, 0.717) is 22.2 Å². The molecule has 0 radical (unpaired) electrons. The molecule has 2 aromatic heterocycles. The van der Waals surface area contributed by atoms with Crippen LogP contribution in [-0.2, 0) is 11.2 Å². The van der Waals surface area contributed by atoms with Gasteiger partial charge in [-0.25, -0.2) is 4.79 Å². The highest BCUT2D eigenvalue weighted by Gasteiger charge is 2.33. The molecule has 1 atom stereocenters. The van der Waals surface area contributed by atoms with Crippen LogP contribution in [-0.4, -0.2) is 44.3 Å². The third kappa shape index (κ3) is 4.86. The van der Waals surface area contributed by atoms with Crippen LogP contribution in [0.2, 0.25) is 4.34 Å². The Hall–Kier alpha value is -2.97. The van der Waals surface area contributed by atoms with E-state index >= 15 is 0 Å². The maximum absolute atomic E-state index is 12.6. The average molecular weight is 486 g/mol. The van der Waals surface area contributed by atoms with Gasteiger partial charge >= 0.3 is 6.09 Å². The van der Waals surface area contributed by atoms with Crippen molar-refractivity contribution in [2.24, 2.45) is 0 Å². The number of carbonyl (C=O) groups excluding carboxylic acids is 2. The molecule has 1 aromatic carbocycles. The highest BCUT2D eigenvalue weighted by atomic mass is 35.5. The third-order valence-electron chi connectivity index (χ3n) is 5.93. The molecule has 2 aliphatic heterocycles. The Morgan fingerprint density at radius 2 is 2.03 bits per heavy atom. The number of benzene rings is 1. The minimum Gasteiger partial charge on any atom is -0.469 e. The van der Waals surface area contributed by atoms with Gasteiger partial charge in [0, 0.05) is 30.9 Å². The fourth-order valence-corrected chi connectivity index (χ4v) is 5.28. The standard InChI is InChI=1S/C24H24ClN3O4S/c25-22-8-7-21(33-22)23(29)26-14-19-15-28(24(30)32-19)17-5-6-20(27-9-1-2-10-27)16(12-17)13-18-4-3-11-31-18/h3-8,11-12,19H,1-2,9-10,13-15H2,(H,26,29). The zero-order chi connectivity index (χ0) is 22.8. The first-order valence-electron chi connectivity index (χ1n) is 11.0. The van der Waals surface area contributed by atoms with E-state index in [9.17, 15) is 9.59 Å². The predicted octanol–water partition coefficient (Wildman–Crippen LogP) is 4.94. The van der Waals surface area contributed by atoms with Crippen molar-refractivity contribution in [1.29, 1.82) is 0 Å². The quantitative estimate of drug-likeness (QED) is 0.513. The highest BCUT2D eigenvalue weighted by Crippen LogP contribution is 2.32. The van der Waals surface area contributed by atoms with E-state index < -0.39 is 12.2 Å². The van der Waals surface area contributed by atoms with Crippen LogP contribution in [0.15, 0.2) is 53.1 Å².